The molecule has 1 unspecified atom stereocenters. The molecule has 0 aromatic heterocycles. The molecule has 8 heavy (non-hydrogen) atoms. The second kappa shape index (κ2) is 5.27. The number of allylic oxidation sites excluding steroid dienone is 1. The summed E-state index contributed by atoms with van der Waals surface area (Å²) in [6.07, 6.45) is 4.18. The van der Waals surface area contributed by atoms with E-state index in [-0.39, 0.29) is 6.61 Å². The molecule has 0 aliphatic carbocycles. The summed E-state index contributed by atoms with van der Waals surface area (Å²) < 4.78 is 0. The molecule has 1 N–H and O–H groups in total. The average molecular weight is 132 g/mol. The highest BCUT2D eigenvalue weighted by atomic mass is 31.0. The van der Waals surface area contributed by atoms with Gasteiger partial charge in [0.05, 0.1) is 6.61 Å². The maximum absolute atomic E-state index is 8.49. The van der Waals surface area contributed by atoms with E-state index in [4.69, 9.17) is 5.11 Å². The van der Waals surface area contributed by atoms with E-state index in [1.54, 1.807) is 0 Å². The van der Waals surface area contributed by atoms with Crippen LogP contribution in [0.2, 0.25) is 0 Å². The number of aliphatic hydroxyl groups is 1. The zero-order valence-electron chi connectivity index (χ0n) is 5.22. The molecule has 1 nitrogen and oxygen atoms in total. The third-order valence-electron chi connectivity index (χ3n) is 0.909. The molecule has 48 valence electrons. The van der Waals surface area contributed by atoms with E-state index in [2.05, 4.69) is 9.24 Å². The molecular formula is C6H13OP. The lowest BCUT2D eigenvalue weighted by atomic mass is 10.3. The molecule has 0 saturated carbocycles. The van der Waals surface area contributed by atoms with Gasteiger partial charge in [0.15, 0.2) is 0 Å². The lowest BCUT2D eigenvalue weighted by Gasteiger charge is -1.90. The van der Waals surface area contributed by atoms with Crippen LogP contribution in [0, 0.1) is 0 Å². The van der Waals surface area contributed by atoms with Crippen molar-refractivity contribution in [2.45, 2.75) is 13.3 Å². The van der Waals surface area contributed by atoms with Gasteiger partial charge in [-0.25, -0.2) is 0 Å². The first kappa shape index (κ1) is 8.13. The van der Waals surface area contributed by atoms with Gasteiger partial charge >= 0.3 is 0 Å². The van der Waals surface area contributed by atoms with Crippen LogP contribution in [-0.4, -0.2) is 17.9 Å². The molecule has 0 heterocycles. The molecule has 0 rings (SSSR count). The van der Waals surface area contributed by atoms with E-state index in [1.807, 2.05) is 13.0 Å². The molecule has 0 aliphatic rings. The van der Waals surface area contributed by atoms with Crippen LogP contribution in [0.4, 0.5) is 0 Å². The predicted molar refractivity (Wildman–Crippen MR) is 40.0 cm³/mol. The first-order valence-electron chi connectivity index (χ1n) is 2.77. The highest BCUT2D eigenvalue weighted by molar-refractivity contribution is 7.16. The molecule has 0 aromatic rings. The lowest BCUT2D eigenvalue weighted by Crippen LogP contribution is -1.82. The summed E-state index contributed by atoms with van der Waals surface area (Å²) >= 11 is 0. The van der Waals surface area contributed by atoms with Crippen molar-refractivity contribution in [1.82, 2.24) is 0 Å². The van der Waals surface area contributed by atoms with E-state index < -0.39 is 0 Å². The fourth-order valence-electron chi connectivity index (χ4n) is 0.394. The fraction of sp³-hybridized carbons (Fsp3) is 0.667. The van der Waals surface area contributed by atoms with E-state index in [0.29, 0.717) is 0 Å². The second-order valence-corrected chi connectivity index (χ2v) is 2.36. The van der Waals surface area contributed by atoms with Crippen LogP contribution in [-0.2, 0) is 0 Å². The van der Waals surface area contributed by atoms with Crippen molar-refractivity contribution in [2.24, 2.45) is 0 Å². The largest absolute Gasteiger partial charge is 0.392 e. The van der Waals surface area contributed by atoms with Gasteiger partial charge in [-0.3, -0.25) is 0 Å². The van der Waals surface area contributed by atoms with Crippen molar-refractivity contribution in [1.29, 1.82) is 0 Å². The Morgan fingerprint density at radius 2 is 2.38 bits per heavy atom. The maximum Gasteiger partial charge on any atom is 0.0639 e. The SMILES string of the molecule is C/C(=C/CCP)CO. The molecule has 0 saturated heterocycles. The zero-order chi connectivity index (χ0) is 6.41. The summed E-state index contributed by atoms with van der Waals surface area (Å²) in [7, 11) is 2.64. The number of rotatable bonds is 3. The minimum atomic E-state index is 0.199. The topological polar surface area (TPSA) is 20.2 Å². The Kier molecular flexibility index (Phi) is 5.36. The average Bonchev–Trinajstić information content (AvgIpc) is 1.83. The van der Waals surface area contributed by atoms with Gasteiger partial charge in [0.25, 0.3) is 0 Å². The Bertz CT molecular complexity index is 78.6. The van der Waals surface area contributed by atoms with Crippen molar-refractivity contribution < 1.29 is 5.11 Å². The summed E-state index contributed by atoms with van der Waals surface area (Å²) in [5.41, 5.74) is 1.06. The van der Waals surface area contributed by atoms with Crippen LogP contribution in [0.3, 0.4) is 0 Å². The lowest BCUT2D eigenvalue weighted by molar-refractivity contribution is 0.331. The van der Waals surface area contributed by atoms with E-state index >= 15 is 0 Å². The van der Waals surface area contributed by atoms with E-state index in [1.165, 1.54) is 0 Å². The minimum absolute atomic E-state index is 0.199. The molecule has 0 amide bonds. The molecule has 0 spiro atoms. The van der Waals surface area contributed by atoms with Crippen LogP contribution in [0.25, 0.3) is 0 Å². The van der Waals surface area contributed by atoms with Crippen LogP contribution in [0.15, 0.2) is 11.6 Å². The van der Waals surface area contributed by atoms with Gasteiger partial charge in [0.1, 0.15) is 0 Å². The molecule has 0 aliphatic heterocycles. The highest BCUT2D eigenvalue weighted by Gasteiger charge is 1.80. The zero-order valence-corrected chi connectivity index (χ0v) is 6.38. The number of aliphatic hydroxyl groups excluding tert-OH is 1. The van der Waals surface area contributed by atoms with E-state index in [0.717, 1.165) is 18.2 Å². The Labute approximate surface area is 53.0 Å². The normalized spacial score (nSPS) is 12.1. The molecule has 2 heteroatoms. The maximum atomic E-state index is 8.49. The molecular weight excluding hydrogens is 119 g/mol. The number of hydrogen-bond donors (Lipinski definition) is 1. The third-order valence-corrected chi connectivity index (χ3v) is 1.24. The smallest absolute Gasteiger partial charge is 0.0639 e. The van der Waals surface area contributed by atoms with Crippen LogP contribution in [0.5, 0.6) is 0 Å². The summed E-state index contributed by atoms with van der Waals surface area (Å²) in [4.78, 5) is 0. The van der Waals surface area contributed by atoms with Gasteiger partial charge in [-0.05, 0) is 19.5 Å². The van der Waals surface area contributed by atoms with Crippen molar-refractivity contribution in [3.05, 3.63) is 11.6 Å². The Hall–Kier alpha value is 0.130. The fourth-order valence-corrected chi connectivity index (χ4v) is 0.561. The minimum Gasteiger partial charge on any atom is -0.392 e. The quantitative estimate of drug-likeness (QED) is 0.451. The standard InChI is InChI=1S/C6H13OP/c1-6(5-7)3-2-4-8/h3,7H,2,4-5,8H2,1H3/b6-3-. The summed E-state index contributed by atoms with van der Waals surface area (Å²) in [5, 5.41) is 8.49. The Morgan fingerprint density at radius 3 is 2.75 bits per heavy atom. The molecule has 0 radical (unpaired) electrons. The summed E-state index contributed by atoms with van der Waals surface area (Å²) in [6, 6.07) is 0. The second-order valence-electron chi connectivity index (χ2n) is 1.79. The Morgan fingerprint density at radius 1 is 1.75 bits per heavy atom. The van der Waals surface area contributed by atoms with Gasteiger partial charge in [0.2, 0.25) is 0 Å². The first-order valence-corrected chi connectivity index (χ1v) is 3.59. The number of hydrogen-bond acceptors (Lipinski definition) is 1. The van der Waals surface area contributed by atoms with Crippen LogP contribution >= 0.6 is 9.24 Å². The molecule has 0 aromatic carbocycles. The summed E-state index contributed by atoms with van der Waals surface area (Å²) in [5.74, 6) is 0. The van der Waals surface area contributed by atoms with Gasteiger partial charge in [-0.2, -0.15) is 0 Å². The Balaban J connectivity index is 3.26. The molecule has 0 fully saturated rings. The van der Waals surface area contributed by atoms with Crippen molar-refractivity contribution >= 4 is 9.24 Å². The van der Waals surface area contributed by atoms with E-state index in [9.17, 15) is 0 Å². The predicted octanol–water partition coefficient (Wildman–Crippen LogP) is 1.19. The molecule has 1 atom stereocenters. The van der Waals surface area contributed by atoms with Crippen LogP contribution < -0.4 is 0 Å². The van der Waals surface area contributed by atoms with Gasteiger partial charge in [-0.1, -0.05) is 11.6 Å². The van der Waals surface area contributed by atoms with Crippen molar-refractivity contribution in [3.63, 3.8) is 0 Å². The van der Waals surface area contributed by atoms with Gasteiger partial charge < -0.3 is 5.11 Å². The monoisotopic (exact) mass is 132 g/mol. The van der Waals surface area contributed by atoms with Gasteiger partial charge in [0, 0.05) is 0 Å². The summed E-state index contributed by atoms with van der Waals surface area (Å²) in [6.45, 7) is 2.13. The van der Waals surface area contributed by atoms with Crippen LogP contribution in [0.1, 0.15) is 13.3 Å². The third kappa shape index (κ3) is 4.29. The highest BCUT2D eigenvalue weighted by Crippen LogP contribution is 1.95. The first-order chi connectivity index (χ1) is 3.81. The van der Waals surface area contributed by atoms with Crippen molar-refractivity contribution in [3.8, 4) is 0 Å². The van der Waals surface area contributed by atoms with Gasteiger partial charge in [-0.15, -0.1) is 9.24 Å². The van der Waals surface area contributed by atoms with Crippen molar-refractivity contribution in [2.75, 3.05) is 12.8 Å². The molecule has 0 bridgehead atoms.